The highest BCUT2D eigenvalue weighted by molar-refractivity contribution is 5.90. The van der Waals surface area contributed by atoms with Crippen LogP contribution in [0.5, 0.6) is 5.75 Å². The molecule has 0 aliphatic rings. The number of methoxy groups -OCH3 is 1. The predicted molar refractivity (Wildman–Crippen MR) is 79.3 cm³/mol. The van der Waals surface area contributed by atoms with Gasteiger partial charge in [-0.1, -0.05) is 12.1 Å². The molecule has 21 heavy (non-hydrogen) atoms. The van der Waals surface area contributed by atoms with Gasteiger partial charge in [0.25, 0.3) is 0 Å². The van der Waals surface area contributed by atoms with Gasteiger partial charge in [0, 0.05) is 11.5 Å². The standard InChI is InChI=1S/C15H13FN4O/c1-21-9-6-7-10(12(16)8-9)14-18-13-5-3-2-4-11(13)15(19-14)20-17/h2-8H,17H2,1H3,(H,18,19,20). The molecule has 0 saturated heterocycles. The highest BCUT2D eigenvalue weighted by Crippen LogP contribution is 2.27. The summed E-state index contributed by atoms with van der Waals surface area (Å²) in [7, 11) is 1.48. The van der Waals surface area contributed by atoms with Gasteiger partial charge in [-0.2, -0.15) is 0 Å². The predicted octanol–water partition coefficient (Wildman–Crippen LogP) is 2.73. The minimum atomic E-state index is -0.451. The summed E-state index contributed by atoms with van der Waals surface area (Å²) in [6.45, 7) is 0. The highest BCUT2D eigenvalue weighted by Gasteiger charge is 2.12. The van der Waals surface area contributed by atoms with Gasteiger partial charge >= 0.3 is 0 Å². The first kappa shape index (κ1) is 13.3. The van der Waals surface area contributed by atoms with Crippen molar-refractivity contribution < 1.29 is 9.13 Å². The molecule has 0 spiro atoms. The maximum Gasteiger partial charge on any atom is 0.165 e. The number of para-hydroxylation sites is 1. The normalized spacial score (nSPS) is 10.6. The zero-order valence-electron chi connectivity index (χ0n) is 11.3. The number of benzene rings is 2. The molecule has 0 amide bonds. The van der Waals surface area contributed by atoms with Crippen LogP contribution in [-0.4, -0.2) is 17.1 Å². The molecule has 0 radical (unpaired) electrons. The number of nitrogens with one attached hydrogen (secondary N) is 1. The van der Waals surface area contributed by atoms with E-state index in [0.29, 0.717) is 17.1 Å². The number of nitrogen functional groups attached to an aromatic ring is 1. The SMILES string of the molecule is COc1ccc(-c2nc(NN)c3ccccc3n2)c(F)c1. The van der Waals surface area contributed by atoms with E-state index >= 15 is 0 Å². The Morgan fingerprint density at radius 3 is 2.67 bits per heavy atom. The summed E-state index contributed by atoms with van der Waals surface area (Å²) >= 11 is 0. The fourth-order valence-electron chi connectivity index (χ4n) is 2.11. The molecule has 0 bridgehead atoms. The number of halogens is 1. The molecule has 0 fully saturated rings. The summed E-state index contributed by atoms with van der Waals surface area (Å²) < 4.78 is 19.1. The molecule has 106 valence electrons. The molecule has 2 aromatic carbocycles. The molecule has 0 atom stereocenters. The van der Waals surface area contributed by atoms with E-state index in [2.05, 4.69) is 15.4 Å². The van der Waals surface area contributed by atoms with E-state index < -0.39 is 5.82 Å². The van der Waals surface area contributed by atoms with E-state index in [1.54, 1.807) is 12.1 Å². The van der Waals surface area contributed by atoms with Crippen LogP contribution in [-0.2, 0) is 0 Å². The summed E-state index contributed by atoms with van der Waals surface area (Å²) in [5.41, 5.74) is 3.50. The Morgan fingerprint density at radius 2 is 1.95 bits per heavy atom. The molecule has 3 aromatic rings. The fraction of sp³-hybridized carbons (Fsp3) is 0.0667. The average molecular weight is 284 g/mol. The van der Waals surface area contributed by atoms with Crippen LogP contribution in [0.3, 0.4) is 0 Å². The van der Waals surface area contributed by atoms with Crippen molar-refractivity contribution in [3.05, 3.63) is 48.3 Å². The number of hydrogen-bond acceptors (Lipinski definition) is 5. The lowest BCUT2D eigenvalue weighted by Gasteiger charge is -2.09. The molecular weight excluding hydrogens is 271 g/mol. The Bertz CT molecular complexity index is 807. The summed E-state index contributed by atoms with van der Waals surface area (Å²) in [6.07, 6.45) is 0. The summed E-state index contributed by atoms with van der Waals surface area (Å²) in [5.74, 6) is 6.20. The van der Waals surface area contributed by atoms with Gasteiger partial charge in [0.05, 0.1) is 18.2 Å². The second kappa shape index (κ2) is 5.34. The van der Waals surface area contributed by atoms with Crippen molar-refractivity contribution in [2.45, 2.75) is 0 Å². The number of nitrogens with two attached hydrogens (primary N) is 1. The molecule has 3 rings (SSSR count). The van der Waals surface area contributed by atoms with Crippen LogP contribution in [0.4, 0.5) is 10.2 Å². The van der Waals surface area contributed by atoms with Crippen molar-refractivity contribution in [3.8, 4) is 17.1 Å². The van der Waals surface area contributed by atoms with Crippen molar-refractivity contribution in [1.82, 2.24) is 9.97 Å². The Hall–Kier alpha value is -2.73. The van der Waals surface area contributed by atoms with Crippen LogP contribution < -0.4 is 16.0 Å². The van der Waals surface area contributed by atoms with E-state index in [0.717, 1.165) is 5.39 Å². The molecule has 0 saturated carbocycles. The van der Waals surface area contributed by atoms with Gasteiger partial charge in [-0.05, 0) is 24.3 Å². The third-order valence-corrected chi connectivity index (χ3v) is 3.16. The van der Waals surface area contributed by atoms with Crippen LogP contribution in [0.1, 0.15) is 0 Å². The molecule has 1 aromatic heterocycles. The number of hydrogen-bond donors (Lipinski definition) is 2. The van der Waals surface area contributed by atoms with Crippen LogP contribution in [0.15, 0.2) is 42.5 Å². The molecule has 0 unspecified atom stereocenters. The summed E-state index contributed by atoms with van der Waals surface area (Å²) in [4.78, 5) is 8.66. The van der Waals surface area contributed by atoms with E-state index in [1.165, 1.54) is 13.2 Å². The minimum absolute atomic E-state index is 0.266. The first-order chi connectivity index (χ1) is 10.2. The molecule has 0 aliphatic carbocycles. The van der Waals surface area contributed by atoms with Gasteiger partial charge in [-0.25, -0.2) is 20.2 Å². The van der Waals surface area contributed by atoms with Gasteiger partial charge in [0.15, 0.2) is 11.6 Å². The first-order valence-corrected chi connectivity index (χ1v) is 6.30. The maximum atomic E-state index is 14.1. The number of nitrogens with zero attached hydrogens (tertiary/aromatic N) is 2. The van der Waals surface area contributed by atoms with E-state index in [-0.39, 0.29) is 11.4 Å². The average Bonchev–Trinajstić information content (AvgIpc) is 2.53. The molecule has 0 aliphatic heterocycles. The van der Waals surface area contributed by atoms with Crippen molar-refractivity contribution in [1.29, 1.82) is 0 Å². The highest BCUT2D eigenvalue weighted by atomic mass is 19.1. The summed E-state index contributed by atoms with van der Waals surface area (Å²) in [5, 5.41) is 0.776. The minimum Gasteiger partial charge on any atom is -0.497 e. The lowest BCUT2D eigenvalue weighted by molar-refractivity contribution is 0.411. The molecule has 1 heterocycles. The quantitative estimate of drug-likeness (QED) is 0.571. The lowest BCUT2D eigenvalue weighted by Crippen LogP contribution is -2.10. The van der Waals surface area contributed by atoms with Crippen LogP contribution >= 0.6 is 0 Å². The Kier molecular flexibility index (Phi) is 3.37. The van der Waals surface area contributed by atoms with E-state index in [9.17, 15) is 4.39 Å². The van der Waals surface area contributed by atoms with Crippen molar-refractivity contribution in [2.24, 2.45) is 5.84 Å². The summed E-state index contributed by atoms with van der Waals surface area (Å²) in [6, 6.07) is 11.9. The van der Waals surface area contributed by atoms with E-state index in [1.807, 2.05) is 24.3 Å². The first-order valence-electron chi connectivity index (χ1n) is 6.30. The zero-order valence-corrected chi connectivity index (χ0v) is 11.3. The zero-order chi connectivity index (χ0) is 14.8. The number of fused-ring (bicyclic) bond motifs is 1. The Morgan fingerprint density at radius 1 is 1.14 bits per heavy atom. The number of ether oxygens (including phenoxy) is 1. The van der Waals surface area contributed by atoms with Crippen molar-refractivity contribution in [3.63, 3.8) is 0 Å². The lowest BCUT2D eigenvalue weighted by atomic mass is 10.1. The van der Waals surface area contributed by atoms with Crippen LogP contribution in [0.25, 0.3) is 22.3 Å². The molecule has 5 nitrogen and oxygen atoms in total. The van der Waals surface area contributed by atoms with Crippen LogP contribution in [0.2, 0.25) is 0 Å². The van der Waals surface area contributed by atoms with Gasteiger partial charge in [-0.3, -0.25) is 0 Å². The second-order valence-electron chi connectivity index (χ2n) is 4.40. The third kappa shape index (κ3) is 2.36. The largest absolute Gasteiger partial charge is 0.497 e. The Labute approximate surface area is 120 Å². The topological polar surface area (TPSA) is 73.1 Å². The van der Waals surface area contributed by atoms with Gasteiger partial charge < -0.3 is 10.2 Å². The van der Waals surface area contributed by atoms with Gasteiger partial charge in [0.1, 0.15) is 11.6 Å². The number of hydrazine groups is 1. The molecule has 3 N–H and O–H groups in total. The number of aromatic nitrogens is 2. The van der Waals surface area contributed by atoms with Crippen molar-refractivity contribution in [2.75, 3.05) is 12.5 Å². The Balaban J connectivity index is 2.21. The number of anilines is 1. The van der Waals surface area contributed by atoms with Gasteiger partial charge in [-0.15, -0.1) is 0 Å². The fourth-order valence-corrected chi connectivity index (χ4v) is 2.11. The number of rotatable bonds is 3. The maximum absolute atomic E-state index is 14.1. The van der Waals surface area contributed by atoms with Gasteiger partial charge in [0.2, 0.25) is 0 Å². The van der Waals surface area contributed by atoms with E-state index in [4.69, 9.17) is 10.6 Å². The van der Waals surface area contributed by atoms with Crippen molar-refractivity contribution >= 4 is 16.7 Å². The smallest absolute Gasteiger partial charge is 0.165 e. The third-order valence-electron chi connectivity index (χ3n) is 3.16. The second-order valence-corrected chi connectivity index (χ2v) is 4.40. The molecular formula is C15H13FN4O. The van der Waals surface area contributed by atoms with Crippen LogP contribution in [0, 0.1) is 5.82 Å². The monoisotopic (exact) mass is 284 g/mol. The molecule has 6 heteroatoms.